The lowest BCUT2D eigenvalue weighted by Crippen LogP contribution is -2.37. The summed E-state index contributed by atoms with van der Waals surface area (Å²) in [7, 11) is 0. The summed E-state index contributed by atoms with van der Waals surface area (Å²) in [6.45, 7) is 7.76. The lowest BCUT2D eigenvalue weighted by atomic mass is 9.85. The largest absolute Gasteiger partial charge is 0.389 e. The van der Waals surface area contributed by atoms with Crippen molar-refractivity contribution in [1.82, 2.24) is 14.9 Å². The highest BCUT2D eigenvalue weighted by Crippen LogP contribution is 2.37. The highest BCUT2D eigenvalue weighted by atomic mass is 19.1. The minimum atomic E-state index is -0.877. The fourth-order valence-electron chi connectivity index (χ4n) is 4.75. The smallest absolute Gasteiger partial charge is 0.257 e. The van der Waals surface area contributed by atoms with Crippen molar-refractivity contribution in [3.05, 3.63) is 53.8 Å². The number of rotatable bonds is 8. The molecule has 37 heavy (non-hydrogen) atoms. The van der Waals surface area contributed by atoms with E-state index in [0.29, 0.717) is 18.1 Å². The molecule has 1 aliphatic rings. The number of nitrogens with one attached hydrogen (secondary N) is 3. The molecule has 4 rings (SSSR count). The van der Waals surface area contributed by atoms with Gasteiger partial charge in [-0.1, -0.05) is 0 Å². The van der Waals surface area contributed by atoms with Crippen LogP contribution in [0.25, 0.3) is 11.0 Å². The first-order valence-electron chi connectivity index (χ1n) is 12.9. The van der Waals surface area contributed by atoms with Gasteiger partial charge in [-0.3, -0.25) is 14.9 Å². The molecule has 1 saturated carbocycles. The van der Waals surface area contributed by atoms with Crippen molar-refractivity contribution < 1.29 is 19.1 Å². The SMILES string of the molecule is CC(C)NC(=O)C1CCC(n2c(NC(=O)c3ccc(F)cc3)nc3ccc(NCC(C)(C)O)cc32)CC1. The number of benzene rings is 2. The molecule has 4 N–H and O–H groups in total. The minimum Gasteiger partial charge on any atom is -0.389 e. The van der Waals surface area contributed by atoms with E-state index in [0.717, 1.165) is 42.4 Å². The molecule has 2 aromatic carbocycles. The summed E-state index contributed by atoms with van der Waals surface area (Å²) in [5.41, 5.74) is 1.87. The third-order valence-electron chi connectivity index (χ3n) is 6.61. The van der Waals surface area contributed by atoms with Gasteiger partial charge < -0.3 is 20.3 Å². The topological polar surface area (TPSA) is 108 Å². The Hall–Kier alpha value is -3.46. The van der Waals surface area contributed by atoms with Gasteiger partial charge in [-0.15, -0.1) is 0 Å². The van der Waals surface area contributed by atoms with Crippen molar-refractivity contribution >= 4 is 34.5 Å². The van der Waals surface area contributed by atoms with Gasteiger partial charge in [0.1, 0.15) is 5.82 Å². The maximum absolute atomic E-state index is 13.4. The molecule has 0 unspecified atom stereocenters. The molecule has 2 amide bonds. The van der Waals surface area contributed by atoms with E-state index >= 15 is 0 Å². The number of nitrogens with zero attached hydrogens (tertiary/aromatic N) is 2. The maximum Gasteiger partial charge on any atom is 0.257 e. The third kappa shape index (κ3) is 6.65. The Balaban J connectivity index is 1.63. The predicted octanol–water partition coefficient (Wildman–Crippen LogP) is 4.87. The summed E-state index contributed by atoms with van der Waals surface area (Å²) < 4.78 is 15.4. The Morgan fingerprint density at radius 1 is 1.11 bits per heavy atom. The van der Waals surface area contributed by atoms with Crippen LogP contribution in [0.5, 0.6) is 0 Å². The number of imidazole rings is 1. The first-order chi connectivity index (χ1) is 17.5. The summed E-state index contributed by atoms with van der Waals surface area (Å²) >= 11 is 0. The number of fused-ring (bicyclic) bond motifs is 1. The number of anilines is 2. The molecular weight excluding hydrogens is 473 g/mol. The van der Waals surface area contributed by atoms with Crippen molar-refractivity contribution in [3.8, 4) is 0 Å². The number of halogens is 1. The van der Waals surface area contributed by atoms with Crippen LogP contribution in [0.1, 0.15) is 69.8 Å². The van der Waals surface area contributed by atoms with Gasteiger partial charge in [0.05, 0.1) is 16.6 Å². The van der Waals surface area contributed by atoms with Crippen molar-refractivity contribution in [2.24, 2.45) is 5.92 Å². The van der Waals surface area contributed by atoms with Crippen LogP contribution in [0.15, 0.2) is 42.5 Å². The van der Waals surface area contributed by atoms with Crippen LogP contribution in [0.2, 0.25) is 0 Å². The molecule has 1 fully saturated rings. The van der Waals surface area contributed by atoms with Crippen molar-refractivity contribution in [3.63, 3.8) is 0 Å². The van der Waals surface area contributed by atoms with Gasteiger partial charge in [0, 0.05) is 35.8 Å². The number of hydrogen-bond acceptors (Lipinski definition) is 5. The summed E-state index contributed by atoms with van der Waals surface area (Å²) in [5.74, 6) is -0.310. The van der Waals surface area contributed by atoms with Crippen LogP contribution in [0, 0.1) is 11.7 Å². The van der Waals surface area contributed by atoms with E-state index in [2.05, 4.69) is 16.0 Å². The molecule has 9 heteroatoms. The van der Waals surface area contributed by atoms with Gasteiger partial charge >= 0.3 is 0 Å². The number of amides is 2. The zero-order valence-electron chi connectivity index (χ0n) is 21.8. The Bertz CT molecular complexity index is 1260. The van der Waals surface area contributed by atoms with E-state index in [1.807, 2.05) is 36.6 Å². The van der Waals surface area contributed by atoms with Crippen LogP contribution in [0.3, 0.4) is 0 Å². The molecule has 8 nitrogen and oxygen atoms in total. The zero-order chi connectivity index (χ0) is 26.7. The predicted molar refractivity (Wildman–Crippen MR) is 143 cm³/mol. The van der Waals surface area contributed by atoms with Gasteiger partial charge in [0.2, 0.25) is 11.9 Å². The molecule has 1 aromatic heterocycles. The number of carbonyl (C=O) groups excluding carboxylic acids is 2. The lowest BCUT2D eigenvalue weighted by Gasteiger charge is -2.30. The molecule has 198 valence electrons. The van der Waals surface area contributed by atoms with Gasteiger partial charge in [-0.2, -0.15) is 0 Å². The highest BCUT2D eigenvalue weighted by molar-refractivity contribution is 6.04. The van der Waals surface area contributed by atoms with E-state index < -0.39 is 11.4 Å². The van der Waals surface area contributed by atoms with Crippen molar-refractivity contribution in [2.45, 2.75) is 71.1 Å². The maximum atomic E-state index is 13.4. The molecule has 1 heterocycles. The second-order valence-electron chi connectivity index (χ2n) is 10.8. The van der Waals surface area contributed by atoms with Gasteiger partial charge in [0.25, 0.3) is 5.91 Å². The summed E-state index contributed by atoms with van der Waals surface area (Å²) in [5, 5.41) is 19.3. The normalized spacial score (nSPS) is 18.1. The van der Waals surface area contributed by atoms with Crippen LogP contribution in [0.4, 0.5) is 16.0 Å². The average molecular weight is 510 g/mol. The monoisotopic (exact) mass is 509 g/mol. The van der Waals surface area contributed by atoms with Crippen molar-refractivity contribution in [1.29, 1.82) is 0 Å². The molecule has 0 saturated heterocycles. The Morgan fingerprint density at radius 2 is 1.78 bits per heavy atom. The number of aromatic nitrogens is 2. The third-order valence-corrected chi connectivity index (χ3v) is 6.61. The highest BCUT2D eigenvalue weighted by Gasteiger charge is 2.30. The molecule has 0 spiro atoms. The van der Waals surface area contributed by atoms with Crippen LogP contribution >= 0.6 is 0 Å². The standard InChI is InChI=1S/C28H36FN5O3/c1-17(2)31-25(35)19-7-12-22(13-8-19)34-24-15-21(30-16-28(3,4)37)11-14-23(24)32-27(34)33-26(36)18-5-9-20(29)10-6-18/h5-6,9-11,14-15,17,19,22,30,37H,7-8,12-13,16H2,1-4H3,(H,31,35)(H,32,33,36). The lowest BCUT2D eigenvalue weighted by molar-refractivity contribution is -0.126. The quantitative estimate of drug-likeness (QED) is 0.347. The van der Waals surface area contributed by atoms with E-state index in [-0.39, 0.29) is 29.8 Å². The van der Waals surface area contributed by atoms with Gasteiger partial charge in [0.15, 0.2) is 0 Å². The van der Waals surface area contributed by atoms with E-state index in [1.165, 1.54) is 24.3 Å². The fourth-order valence-corrected chi connectivity index (χ4v) is 4.75. The van der Waals surface area contributed by atoms with Crippen molar-refractivity contribution in [2.75, 3.05) is 17.2 Å². The fraction of sp³-hybridized carbons (Fsp3) is 0.464. The van der Waals surface area contributed by atoms with E-state index in [4.69, 9.17) is 4.98 Å². The van der Waals surface area contributed by atoms with E-state index in [1.54, 1.807) is 13.8 Å². The second-order valence-corrected chi connectivity index (χ2v) is 10.8. The zero-order valence-corrected chi connectivity index (χ0v) is 21.8. The summed E-state index contributed by atoms with van der Waals surface area (Å²) in [4.78, 5) is 30.3. The molecular formula is C28H36FN5O3. The number of aliphatic hydroxyl groups is 1. The molecule has 0 aliphatic heterocycles. The first kappa shape index (κ1) is 26.6. The second kappa shape index (κ2) is 10.9. The molecule has 0 radical (unpaired) electrons. The minimum absolute atomic E-state index is 0.0327. The molecule has 1 aliphatic carbocycles. The van der Waals surface area contributed by atoms with Gasteiger partial charge in [-0.25, -0.2) is 9.37 Å². The number of hydrogen-bond donors (Lipinski definition) is 4. The van der Waals surface area contributed by atoms with Crippen LogP contribution < -0.4 is 16.0 Å². The molecule has 3 aromatic rings. The Morgan fingerprint density at radius 3 is 2.41 bits per heavy atom. The Labute approximate surface area is 216 Å². The van der Waals surface area contributed by atoms with Gasteiger partial charge in [-0.05, 0) is 95.8 Å². The Kier molecular flexibility index (Phi) is 7.82. The van der Waals surface area contributed by atoms with E-state index in [9.17, 15) is 19.1 Å². The first-order valence-corrected chi connectivity index (χ1v) is 12.9. The molecule has 0 bridgehead atoms. The van der Waals surface area contributed by atoms with Crippen LogP contribution in [-0.4, -0.2) is 44.7 Å². The molecule has 0 atom stereocenters. The van der Waals surface area contributed by atoms with Crippen LogP contribution in [-0.2, 0) is 4.79 Å². The summed E-state index contributed by atoms with van der Waals surface area (Å²) in [6, 6.07) is 11.3. The summed E-state index contributed by atoms with van der Waals surface area (Å²) in [6.07, 6.45) is 3.01. The number of carbonyl (C=O) groups is 2. The average Bonchev–Trinajstić information content (AvgIpc) is 3.19.